The van der Waals surface area contributed by atoms with Gasteiger partial charge in [0, 0.05) is 6.04 Å². The third-order valence-electron chi connectivity index (χ3n) is 4.44. The highest BCUT2D eigenvalue weighted by Gasteiger charge is 2.29. The lowest BCUT2D eigenvalue weighted by Gasteiger charge is -2.12. The number of carbonyl (C=O) groups is 1. The van der Waals surface area contributed by atoms with E-state index >= 15 is 0 Å². The minimum atomic E-state index is -3.10. The van der Waals surface area contributed by atoms with Gasteiger partial charge in [0.2, 0.25) is 5.91 Å². The van der Waals surface area contributed by atoms with Gasteiger partial charge in [-0.2, -0.15) is 0 Å². The Labute approximate surface area is 144 Å². The molecule has 0 radical (unpaired) electrons. The number of aromatic hydroxyl groups is 1. The summed E-state index contributed by atoms with van der Waals surface area (Å²) in [5.41, 5.74) is 1.03. The van der Waals surface area contributed by atoms with Crippen LogP contribution in [0.4, 0.5) is 0 Å². The number of amides is 1. The molecule has 0 aliphatic carbocycles. The second-order valence-corrected chi connectivity index (χ2v) is 8.72. The maximum absolute atomic E-state index is 12.2. The quantitative estimate of drug-likeness (QED) is 0.783. The minimum Gasteiger partial charge on any atom is -0.507 e. The average Bonchev–Trinajstić information content (AvgIpc) is 2.81. The Balaban J connectivity index is 1.89. The molecule has 2 N–H and O–H groups in total. The lowest BCUT2D eigenvalue weighted by molar-refractivity contribution is -0.121. The van der Waals surface area contributed by atoms with Gasteiger partial charge < -0.3 is 14.8 Å². The normalized spacial score (nSPS) is 19.2. The average molecular weight is 365 g/mol. The van der Waals surface area contributed by atoms with E-state index in [-0.39, 0.29) is 34.8 Å². The van der Waals surface area contributed by atoms with Crippen molar-refractivity contribution in [3.63, 3.8) is 0 Å². The van der Waals surface area contributed by atoms with Gasteiger partial charge in [-0.05, 0) is 43.5 Å². The number of phenols is 1. The van der Waals surface area contributed by atoms with Gasteiger partial charge >= 0.3 is 5.63 Å². The summed E-state index contributed by atoms with van der Waals surface area (Å²) in [5.74, 6) is -0.477. The number of sulfone groups is 1. The summed E-state index contributed by atoms with van der Waals surface area (Å²) in [6.45, 7) is 3.42. The highest BCUT2D eigenvalue weighted by Crippen LogP contribution is 2.29. The largest absolute Gasteiger partial charge is 0.507 e. The summed E-state index contributed by atoms with van der Waals surface area (Å²) in [5, 5.41) is 13.2. The standard InChI is InChI=1S/C17H19NO6S/c1-9-5-13(19)16-10(2)12(17(21)24-14(16)6-9)7-15(20)18-11-3-4-25(22,23)8-11/h5-6,11,19H,3-4,7-8H2,1-2H3,(H,18,20)/t11-/m0/s1. The number of aryl methyl sites for hydroxylation is 2. The van der Waals surface area contributed by atoms with Crippen molar-refractivity contribution in [2.24, 2.45) is 0 Å². The monoisotopic (exact) mass is 365 g/mol. The van der Waals surface area contributed by atoms with Crippen molar-refractivity contribution in [1.82, 2.24) is 5.32 Å². The molecule has 0 saturated carbocycles. The fraction of sp³-hybridized carbons (Fsp3) is 0.412. The summed E-state index contributed by atoms with van der Waals surface area (Å²) in [6.07, 6.45) is 0.146. The van der Waals surface area contributed by atoms with Crippen molar-refractivity contribution in [2.75, 3.05) is 11.5 Å². The van der Waals surface area contributed by atoms with Crippen LogP contribution >= 0.6 is 0 Å². The first-order chi connectivity index (χ1) is 11.7. The fourth-order valence-electron chi connectivity index (χ4n) is 3.21. The first-order valence-corrected chi connectivity index (χ1v) is 9.74. The maximum atomic E-state index is 12.2. The Morgan fingerprint density at radius 3 is 2.72 bits per heavy atom. The fourth-order valence-corrected chi connectivity index (χ4v) is 4.88. The van der Waals surface area contributed by atoms with E-state index in [9.17, 15) is 23.1 Å². The van der Waals surface area contributed by atoms with Gasteiger partial charge in [-0.25, -0.2) is 13.2 Å². The van der Waals surface area contributed by atoms with Crippen LogP contribution in [0.15, 0.2) is 21.3 Å². The maximum Gasteiger partial charge on any atom is 0.340 e. The summed E-state index contributed by atoms with van der Waals surface area (Å²) in [7, 11) is -3.10. The molecule has 1 aliphatic heterocycles. The molecule has 0 unspecified atom stereocenters. The molecule has 2 aromatic rings. The predicted molar refractivity (Wildman–Crippen MR) is 92.5 cm³/mol. The summed E-state index contributed by atoms with van der Waals surface area (Å²) < 4.78 is 28.2. The molecule has 134 valence electrons. The van der Waals surface area contributed by atoms with Crippen molar-refractivity contribution in [2.45, 2.75) is 32.7 Å². The SMILES string of the molecule is Cc1cc(O)c2c(C)c(CC(=O)N[C@H]3CCS(=O)(=O)C3)c(=O)oc2c1. The van der Waals surface area contributed by atoms with E-state index < -0.39 is 27.4 Å². The third kappa shape index (κ3) is 3.53. The Bertz CT molecular complexity index is 1020. The van der Waals surface area contributed by atoms with E-state index in [0.29, 0.717) is 17.4 Å². The van der Waals surface area contributed by atoms with Gasteiger partial charge in [0.1, 0.15) is 11.3 Å². The van der Waals surface area contributed by atoms with Crippen molar-refractivity contribution >= 4 is 26.7 Å². The van der Waals surface area contributed by atoms with Crippen LogP contribution in [0, 0.1) is 13.8 Å². The number of hydrogen-bond acceptors (Lipinski definition) is 6. The van der Waals surface area contributed by atoms with Crippen LogP contribution in [0.1, 0.15) is 23.1 Å². The lowest BCUT2D eigenvalue weighted by atomic mass is 10.0. The molecule has 1 fully saturated rings. The molecule has 1 aromatic carbocycles. The lowest BCUT2D eigenvalue weighted by Crippen LogP contribution is -2.37. The van der Waals surface area contributed by atoms with Crippen LogP contribution in [0.2, 0.25) is 0 Å². The number of rotatable bonds is 3. The van der Waals surface area contributed by atoms with E-state index in [1.165, 1.54) is 0 Å². The van der Waals surface area contributed by atoms with Crippen molar-refractivity contribution in [3.8, 4) is 5.75 Å². The second kappa shape index (κ2) is 6.18. The smallest absolute Gasteiger partial charge is 0.340 e. The summed E-state index contributed by atoms with van der Waals surface area (Å²) in [4.78, 5) is 24.4. The zero-order chi connectivity index (χ0) is 18.4. The van der Waals surface area contributed by atoms with Crippen LogP contribution < -0.4 is 10.9 Å². The van der Waals surface area contributed by atoms with Gasteiger partial charge in [-0.1, -0.05) is 0 Å². The molecular formula is C17H19NO6S. The van der Waals surface area contributed by atoms with Crippen molar-refractivity contribution in [1.29, 1.82) is 0 Å². The predicted octanol–water partition coefficient (Wildman–Crippen LogP) is 0.961. The first kappa shape index (κ1) is 17.5. The Kier molecular flexibility index (Phi) is 4.32. The van der Waals surface area contributed by atoms with E-state index in [2.05, 4.69) is 5.32 Å². The molecule has 2 heterocycles. The first-order valence-electron chi connectivity index (χ1n) is 7.92. The highest BCUT2D eigenvalue weighted by atomic mass is 32.2. The highest BCUT2D eigenvalue weighted by molar-refractivity contribution is 7.91. The number of carbonyl (C=O) groups excluding carboxylic acids is 1. The Hall–Kier alpha value is -2.35. The number of hydrogen-bond donors (Lipinski definition) is 2. The molecule has 0 spiro atoms. The molecular weight excluding hydrogens is 346 g/mol. The Morgan fingerprint density at radius 1 is 1.36 bits per heavy atom. The third-order valence-corrected chi connectivity index (χ3v) is 6.21. The van der Waals surface area contributed by atoms with Crippen LogP contribution in [0.25, 0.3) is 11.0 Å². The topological polar surface area (TPSA) is 114 Å². The minimum absolute atomic E-state index is 0.0141. The van der Waals surface area contributed by atoms with Crippen molar-refractivity contribution < 1.29 is 22.7 Å². The van der Waals surface area contributed by atoms with E-state index in [0.717, 1.165) is 5.56 Å². The molecule has 0 bridgehead atoms. The van der Waals surface area contributed by atoms with E-state index in [1.807, 2.05) is 0 Å². The Morgan fingerprint density at radius 2 is 2.08 bits per heavy atom. The molecule has 25 heavy (non-hydrogen) atoms. The zero-order valence-electron chi connectivity index (χ0n) is 14.0. The van der Waals surface area contributed by atoms with E-state index in [4.69, 9.17) is 4.42 Å². The number of benzene rings is 1. The summed E-state index contributed by atoms with van der Waals surface area (Å²) in [6, 6.07) is 2.78. The van der Waals surface area contributed by atoms with Crippen LogP contribution in [-0.4, -0.2) is 37.0 Å². The molecule has 1 aromatic heterocycles. The molecule has 1 saturated heterocycles. The molecule has 1 aliphatic rings. The molecule has 8 heteroatoms. The molecule has 7 nitrogen and oxygen atoms in total. The van der Waals surface area contributed by atoms with E-state index in [1.54, 1.807) is 26.0 Å². The van der Waals surface area contributed by atoms with Gasteiger partial charge in [0.05, 0.1) is 28.9 Å². The van der Waals surface area contributed by atoms with Gasteiger partial charge in [0.15, 0.2) is 9.84 Å². The van der Waals surface area contributed by atoms with Crippen molar-refractivity contribution in [3.05, 3.63) is 39.2 Å². The molecule has 3 rings (SSSR count). The molecule has 1 atom stereocenters. The van der Waals surface area contributed by atoms with Crippen LogP contribution in [0.5, 0.6) is 5.75 Å². The summed E-state index contributed by atoms with van der Waals surface area (Å²) >= 11 is 0. The number of fused-ring (bicyclic) bond motifs is 1. The zero-order valence-corrected chi connectivity index (χ0v) is 14.8. The molecule has 1 amide bonds. The van der Waals surface area contributed by atoms with Gasteiger partial charge in [-0.15, -0.1) is 0 Å². The van der Waals surface area contributed by atoms with Gasteiger partial charge in [0.25, 0.3) is 0 Å². The van der Waals surface area contributed by atoms with Crippen LogP contribution in [0.3, 0.4) is 0 Å². The second-order valence-electron chi connectivity index (χ2n) is 6.49. The van der Waals surface area contributed by atoms with Crippen LogP contribution in [-0.2, 0) is 21.1 Å². The number of nitrogens with one attached hydrogen (secondary N) is 1. The number of phenolic OH excluding ortho intramolecular Hbond substituents is 1. The van der Waals surface area contributed by atoms with Gasteiger partial charge in [-0.3, -0.25) is 4.79 Å².